The molecule has 0 aliphatic rings. The summed E-state index contributed by atoms with van der Waals surface area (Å²) in [6.07, 6.45) is 4.79. The first-order chi connectivity index (χ1) is 7.25. The van der Waals surface area contributed by atoms with Crippen LogP contribution < -0.4 is 11.1 Å². The third kappa shape index (κ3) is 3.85. The lowest BCUT2D eigenvalue weighted by Crippen LogP contribution is -2.25. The number of unbranched alkanes of at least 4 members (excludes halogenated alkanes) is 1. The summed E-state index contributed by atoms with van der Waals surface area (Å²) in [5.74, 6) is -0.190. The van der Waals surface area contributed by atoms with Gasteiger partial charge in [-0.1, -0.05) is 11.6 Å². The SMILES string of the molecule is NCCCCNC(=O)c1cnccc1Cl. The Morgan fingerprint density at radius 2 is 2.33 bits per heavy atom. The van der Waals surface area contributed by atoms with Crippen molar-refractivity contribution >= 4 is 17.5 Å². The Morgan fingerprint density at radius 1 is 1.53 bits per heavy atom. The number of carbonyl (C=O) groups is 1. The second-order valence-electron chi connectivity index (χ2n) is 3.11. The van der Waals surface area contributed by atoms with E-state index < -0.39 is 0 Å². The first-order valence-electron chi connectivity index (χ1n) is 4.83. The van der Waals surface area contributed by atoms with Crippen molar-refractivity contribution in [3.05, 3.63) is 29.0 Å². The molecule has 1 aromatic heterocycles. The predicted octanol–water partition coefficient (Wildman–Crippen LogP) is 1.20. The number of hydrogen-bond donors (Lipinski definition) is 2. The highest BCUT2D eigenvalue weighted by molar-refractivity contribution is 6.33. The summed E-state index contributed by atoms with van der Waals surface area (Å²) in [5, 5.41) is 3.17. The topological polar surface area (TPSA) is 68.0 Å². The van der Waals surface area contributed by atoms with E-state index in [1.807, 2.05) is 0 Å². The Hall–Kier alpha value is -1.13. The molecular weight excluding hydrogens is 214 g/mol. The number of aromatic nitrogens is 1. The van der Waals surface area contributed by atoms with Gasteiger partial charge in [-0.15, -0.1) is 0 Å². The van der Waals surface area contributed by atoms with Crippen molar-refractivity contribution in [1.82, 2.24) is 10.3 Å². The van der Waals surface area contributed by atoms with E-state index in [9.17, 15) is 4.79 Å². The summed E-state index contributed by atoms with van der Waals surface area (Å²) in [4.78, 5) is 15.4. The number of amides is 1. The lowest BCUT2D eigenvalue weighted by molar-refractivity contribution is 0.0953. The van der Waals surface area contributed by atoms with E-state index in [0.717, 1.165) is 12.8 Å². The zero-order valence-corrected chi connectivity index (χ0v) is 9.13. The maximum atomic E-state index is 11.6. The van der Waals surface area contributed by atoms with Crippen LogP contribution in [0.2, 0.25) is 5.02 Å². The summed E-state index contributed by atoms with van der Waals surface area (Å²) >= 11 is 5.84. The summed E-state index contributed by atoms with van der Waals surface area (Å²) in [7, 11) is 0. The van der Waals surface area contributed by atoms with Crippen LogP contribution >= 0.6 is 11.6 Å². The number of halogens is 1. The van der Waals surface area contributed by atoms with E-state index in [-0.39, 0.29) is 5.91 Å². The van der Waals surface area contributed by atoms with Crippen LogP contribution in [-0.2, 0) is 0 Å². The van der Waals surface area contributed by atoms with Crippen LogP contribution in [0.15, 0.2) is 18.5 Å². The molecular formula is C10H14ClN3O. The number of rotatable bonds is 5. The van der Waals surface area contributed by atoms with Gasteiger partial charge in [-0.25, -0.2) is 0 Å². The highest BCUT2D eigenvalue weighted by Crippen LogP contribution is 2.12. The van der Waals surface area contributed by atoms with Gasteiger partial charge in [0.25, 0.3) is 5.91 Å². The number of pyridine rings is 1. The molecule has 1 rings (SSSR count). The Morgan fingerprint density at radius 3 is 3.00 bits per heavy atom. The zero-order chi connectivity index (χ0) is 11.1. The predicted molar refractivity (Wildman–Crippen MR) is 59.9 cm³/mol. The van der Waals surface area contributed by atoms with Gasteiger partial charge in [0.15, 0.2) is 0 Å². The van der Waals surface area contributed by atoms with Gasteiger partial charge >= 0.3 is 0 Å². The Labute approximate surface area is 93.8 Å². The highest BCUT2D eigenvalue weighted by Gasteiger charge is 2.08. The summed E-state index contributed by atoms with van der Waals surface area (Å²) in [5.41, 5.74) is 5.75. The minimum absolute atomic E-state index is 0.190. The molecule has 0 saturated carbocycles. The minimum atomic E-state index is -0.190. The molecule has 0 spiro atoms. The molecule has 0 atom stereocenters. The average molecular weight is 228 g/mol. The van der Waals surface area contributed by atoms with Crippen LogP contribution in [-0.4, -0.2) is 24.0 Å². The lowest BCUT2D eigenvalue weighted by atomic mass is 10.2. The second kappa shape index (κ2) is 6.37. The summed E-state index contributed by atoms with van der Waals surface area (Å²) in [6, 6.07) is 1.59. The molecule has 0 aliphatic heterocycles. The standard InChI is InChI=1S/C10H14ClN3O/c11-9-3-6-13-7-8(9)10(15)14-5-2-1-4-12/h3,6-7H,1-2,4-5,12H2,(H,14,15). The van der Waals surface area contributed by atoms with Crippen LogP contribution in [0.25, 0.3) is 0 Å². The van der Waals surface area contributed by atoms with Gasteiger partial charge in [-0.3, -0.25) is 9.78 Å². The minimum Gasteiger partial charge on any atom is -0.352 e. The van der Waals surface area contributed by atoms with Crippen molar-refractivity contribution in [1.29, 1.82) is 0 Å². The van der Waals surface area contributed by atoms with Crippen LogP contribution in [0, 0.1) is 0 Å². The van der Waals surface area contributed by atoms with Crippen molar-refractivity contribution in [2.24, 2.45) is 5.73 Å². The average Bonchev–Trinajstić information content (AvgIpc) is 2.25. The van der Waals surface area contributed by atoms with Crippen LogP contribution in [0.1, 0.15) is 23.2 Å². The van der Waals surface area contributed by atoms with Crippen molar-refractivity contribution in [2.75, 3.05) is 13.1 Å². The number of carbonyl (C=O) groups excluding carboxylic acids is 1. The molecule has 3 N–H and O–H groups in total. The fourth-order valence-corrected chi connectivity index (χ4v) is 1.30. The molecule has 5 heteroatoms. The highest BCUT2D eigenvalue weighted by atomic mass is 35.5. The Bertz CT molecular complexity index is 330. The van der Waals surface area contributed by atoms with E-state index in [0.29, 0.717) is 23.7 Å². The molecule has 0 fully saturated rings. The van der Waals surface area contributed by atoms with Gasteiger partial charge in [0, 0.05) is 18.9 Å². The normalized spacial score (nSPS) is 10.0. The molecule has 0 unspecified atom stereocenters. The van der Waals surface area contributed by atoms with E-state index in [4.69, 9.17) is 17.3 Å². The third-order valence-corrected chi connectivity index (χ3v) is 2.26. The van der Waals surface area contributed by atoms with Crippen molar-refractivity contribution in [3.8, 4) is 0 Å². The third-order valence-electron chi connectivity index (χ3n) is 1.93. The molecule has 15 heavy (non-hydrogen) atoms. The number of hydrogen-bond acceptors (Lipinski definition) is 3. The van der Waals surface area contributed by atoms with E-state index in [1.54, 1.807) is 12.3 Å². The maximum Gasteiger partial charge on any atom is 0.254 e. The van der Waals surface area contributed by atoms with Gasteiger partial charge in [0.05, 0.1) is 10.6 Å². The number of nitrogens with two attached hydrogens (primary N) is 1. The van der Waals surface area contributed by atoms with Crippen molar-refractivity contribution in [2.45, 2.75) is 12.8 Å². The van der Waals surface area contributed by atoms with Crippen molar-refractivity contribution in [3.63, 3.8) is 0 Å². The zero-order valence-electron chi connectivity index (χ0n) is 8.37. The molecule has 1 aromatic rings. The van der Waals surface area contributed by atoms with Gasteiger partial charge < -0.3 is 11.1 Å². The quantitative estimate of drug-likeness (QED) is 0.743. The van der Waals surface area contributed by atoms with Gasteiger partial charge in [-0.05, 0) is 25.5 Å². The van der Waals surface area contributed by atoms with Crippen LogP contribution in [0.3, 0.4) is 0 Å². The summed E-state index contributed by atoms with van der Waals surface area (Å²) in [6.45, 7) is 1.25. The second-order valence-corrected chi connectivity index (χ2v) is 3.51. The molecule has 1 amide bonds. The van der Waals surface area contributed by atoms with E-state index in [2.05, 4.69) is 10.3 Å². The van der Waals surface area contributed by atoms with Gasteiger partial charge in [-0.2, -0.15) is 0 Å². The molecule has 0 saturated heterocycles. The Kier molecular flexibility index (Phi) is 5.07. The first-order valence-corrected chi connectivity index (χ1v) is 5.21. The fraction of sp³-hybridized carbons (Fsp3) is 0.400. The monoisotopic (exact) mass is 227 g/mol. The van der Waals surface area contributed by atoms with Gasteiger partial charge in [0.1, 0.15) is 0 Å². The largest absolute Gasteiger partial charge is 0.352 e. The van der Waals surface area contributed by atoms with E-state index in [1.165, 1.54) is 6.20 Å². The maximum absolute atomic E-state index is 11.6. The number of nitrogens with zero attached hydrogens (tertiary/aromatic N) is 1. The van der Waals surface area contributed by atoms with Gasteiger partial charge in [0.2, 0.25) is 0 Å². The van der Waals surface area contributed by atoms with Crippen LogP contribution in [0.4, 0.5) is 0 Å². The molecule has 0 radical (unpaired) electrons. The molecule has 82 valence electrons. The molecule has 4 nitrogen and oxygen atoms in total. The first kappa shape index (κ1) is 11.9. The van der Waals surface area contributed by atoms with E-state index >= 15 is 0 Å². The Balaban J connectivity index is 2.44. The van der Waals surface area contributed by atoms with Crippen molar-refractivity contribution < 1.29 is 4.79 Å². The molecule has 1 heterocycles. The fourth-order valence-electron chi connectivity index (χ4n) is 1.11. The number of nitrogens with one attached hydrogen (secondary N) is 1. The molecule has 0 bridgehead atoms. The smallest absolute Gasteiger partial charge is 0.254 e. The lowest BCUT2D eigenvalue weighted by Gasteiger charge is -2.05. The molecule has 0 aromatic carbocycles. The van der Waals surface area contributed by atoms with Crippen LogP contribution in [0.5, 0.6) is 0 Å². The molecule has 0 aliphatic carbocycles. The summed E-state index contributed by atoms with van der Waals surface area (Å²) < 4.78 is 0.